The Morgan fingerprint density at radius 3 is 2.63 bits per heavy atom. The predicted octanol–water partition coefficient (Wildman–Crippen LogP) is 2.45. The Labute approximate surface area is 122 Å². The number of urea groups is 1. The van der Waals surface area contributed by atoms with E-state index in [2.05, 4.69) is 35.0 Å². The van der Waals surface area contributed by atoms with Crippen molar-refractivity contribution in [1.82, 2.24) is 9.80 Å². The van der Waals surface area contributed by atoms with Gasteiger partial charge in [0, 0.05) is 24.6 Å². The van der Waals surface area contributed by atoms with Gasteiger partial charge < -0.3 is 15.5 Å². The summed E-state index contributed by atoms with van der Waals surface area (Å²) in [5, 5.41) is 0. The number of rotatable bonds is 4. The smallest absolute Gasteiger partial charge is 0.320 e. The Morgan fingerprint density at radius 1 is 1.42 bits per heavy atom. The van der Waals surface area contributed by atoms with Gasteiger partial charge in [0.1, 0.15) is 0 Å². The van der Waals surface area contributed by atoms with E-state index >= 15 is 0 Å². The number of nitrogens with zero attached hydrogens (tertiary/aromatic N) is 2. The Balaban J connectivity index is 2.11. The molecule has 4 nitrogen and oxygen atoms in total. The van der Waals surface area contributed by atoms with Crippen molar-refractivity contribution in [3.8, 4) is 0 Å². The lowest BCUT2D eigenvalue weighted by molar-refractivity contribution is 0.191. The molecule has 1 saturated heterocycles. The van der Waals surface area contributed by atoms with Crippen LogP contribution in [0.1, 0.15) is 18.5 Å². The zero-order valence-corrected chi connectivity index (χ0v) is 12.9. The van der Waals surface area contributed by atoms with Gasteiger partial charge in [-0.25, -0.2) is 4.79 Å². The minimum atomic E-state index is 0.0909. The predicted molar refractivity (Wildman–Crippen MR) is 79.8 cm³/mol. The van der Waals surface area contributed by atoms with Gasteiger partial charge in [0.25, 0.3) is 0 Å². The molecule has 104 valence electrons. The average molecular weight is 326 g/mol. The molecule has 2 N–H and O–H groups in total. The van der Waals surface area contributed by atoms with Crippen LogP contribution in [-0.2, 0) is 0 Å². The molecule has 19 heavy (non-hydrogen) atoms. The molecule has 1 aromatic rings. The number of carbonyl (C=O) groups excluding carboxylic acids is 1. The van der Waals surface area contributed by atoms with Crippen molar-refractivity contribution < 1.29 is 4.79 Å². The molecule has 0 radical (unpaired) electrons. The number of amides is 2. The first kappa shape index (κ1) is 14.3. The summed E-state index contributed by atoms with van der Waals surface area (Å²) >= 11 is 3.43. The largest absolute Gasteiger partial charge is 0.330 e. The molecular weight excluding hydrogens is 306 g/mol. The van der Waals surface area contributed by atoms with Gasteiger partial charge in [-0.05, 0) is 30.2 Å². The van der Waals surface area contributed by atoms with Gasteiger partial charge in [-0.15, -0.1) is 0 Å². The normalized spacial score (nSPS) is 21.1. The van der Waals surface area contributed by atoms with Crippen LogP contribution in [0.15, 0.2) is 28.7 Å². The topological polar surface area (TPSA) is 49.6 Å². The molecule has 2 rings (SSSR count). The molecule has 1 aromatic carbocycles. The first-order valence-corrected chi connectivity index (χ1v) is 7.29. The first-order valence-electron chi connectivity index (χ1n) is 6.50. The van der Waals surface area contributed by atoms with Crippen LogP contribution >= 0.6 is 15.9 Å². The van der Waals surface area contributed by atoms with Gasteiger partial charge >= 0.3 is 6.03 Å². The fourth-order valence-corrected chi connectivity index (χ4v) is 2.65. The third kappa shape index (κ3) is 3.09. The van der Waals surface area contributed by atoms with E-state index in [-0.39, 0.29) is 12.1 Å². The second-order valence-corrected chi connectivity index (χ2v) is 6.12. The Bertz CT molecular complexity index is 449. The van der Waals surface area contributed by atoms with E-state index in [0.717, 1.165) is 17.6 Å². The highest BCUT2D eigenvalue weighted by Crippen LogP contribution is 2.29. The minimum Gasteiger partial charge on any atom is -0.330 e. The maximum absolute atomic E-state index is 12.2. The molecule has 0 bridgehead atoms. The lowest BCUT2D eigenvalue weighted by Gasteiger charge is -2.19. The zero-order chi connectivity index (χ0) is 14.0. The third-order valence-electron chi connectivity index (χ3n) is 3.62. The molecule has 0 spiro atoms. The van der Waals surface area contributed by atoms with E-state index in [0.29, 0.717) is 12.5 Å². The van der Waals surface area contributed by atoms with Crippen molar-refractivity contribution in [1.29, 1.82) is 0 Å². The molecule has 1 fully saturated rings. The minimum absolute atomic E-state index is 0.0909. The van der Waals surface area contributed by atoms with E-state index in [1.54, 1.807) is 0 Å². The van der Waals surface area contributed by atoms with Crippen molar-refractivity contribution >= 4 is 22.0 Å². The van der Waals surface area contributed by atoms with Gasteiger partial charge in [-0.1, -0.05) is 35.0 Å². The van der Waals surface area contributed by atoms with E-state index in [1.165, 1.54) is 5.56 Å². The second-order valence-electron chi connectivity index (χ2n) is 5.21. The SMILES string of the molecule is CC(CN)CN1CC(c2ccc(Br)cc2)N(C)C1=O. The summed E-state index contributed by atoms with van der Waals surface area (Å²) < 4.78 is 1.05. The lowest BCUT2D eigenvalue weighted by Crippen LogP contribution is -2.34. The molecule has 1 aliphatic rings. The molecule has 2 amide bonds. The molecule has 0 aromatic heterocycles. The number of benzene rings is 1. The van der Waals surface area contributed by atoms with Crippen molar-refractivity contribution in [2.75, 3.05) is 26.7 Å². The van der Waals surface area contributed by atoms with Gasteiger partial charge in [-0.2, -0.15) is 0 Å². The Morgan fingerprint density at radius 2 is 2.05 bits per heavy atom. The van der Waals surface area contributed by atoms with Crippen LogP contribution in [0.3, 0.4) is 0 Å². The fraction of sp³-hybridized carbons (Fsp3) is 0.500. The number of carbonyl (C=O) groups is 1. The maximum atomic E-state index is 12.2. The van der Waals surface area contributed by atoms with E-state index in [9.17, 15) is 4.79 Å². The molecule has 2 atom stereocenters. The summed E-state index contributed by atoms with van der Waals surface area (Å²) in [6.45, 7) is 4.14. The lowest BCUT2D eigenvalue weighted by atomic mass is 10.1. The molecule has 0 saturated carbocycles. The van der Waals surface area contributed by atoms with Gasteiger partial charge in [0.05, 0.1) is 6.04 Å². The van der Waals surface area contributed by atoms with Crippen molar-refractivity contribution in [3.05, 3.63) is 34.3 Å². The quantitative estimate of drug-likeness (QED) is 0.924. The summed E-state index contributed by atoms with van der Waals surface area (Å²) in [5.74, 6) is 0.334. The van der Waals surface area contributed by atoms with Crippen LogP contribution < -0.4 is 5.73 Å². The molecule has 0 aliphatic carbocycles. The first-order chi connectivity index (χ1) is 9.02. The molecular formula is C14H20BrN3O. The molecule has 1 aliphatic heterocycles. The maximum Gasteiger partial charge on any atom is 0.320 e. The van der Waals surface area contributed by atoms with Crippen LogP contribution in [0.25, 0.3) is 0 Å². The van der Waals surface area contributed by atoms with Crippen LogP contribution in [0.4, 0.5) is 4.79 Å². The number of hydrogen-bond acceptors (Lipinski definition) is 2. The highest BCUT2D eigenvalue weighted by molar-refractivity contribution is 9.10. The van der Waals surface area contributed by atoms with Crippen molar-refractivity contribution in [2.45, 2.75) is 13.0 Å². The standard InChI is InChI=1S/C14H20BrN3O/c1-10(7-16)8-18-9-13(17(2)14(18)19)11-3-5-12(15)6-4-11/h3-6,10,13H,7-9,16H2,1-2H3. The van der Waals surface area contributed by atoms with Crippen LogP contribution in [0.2, 0.25) is 0 Å². The van der Waals surface area contributed by atoms with Crippen molar-refractivity contribution in [2.24, 2.45) is 11.7 Å². The van der Waals surface area contributed by atoms with Gasteiger partial charge in [0.15, 0.2) is 0 Å². The number of nitrogens with two attached hydrogens (primary N) is 1. The second kappa shape index (κ2) is 5.92. The van der Waals surface area contributed by atoms with Gasteiger partial charge in [-0.3, -0.25) is 0 Å². The summed E-state index contributed by atoms with van der Waals surface area (Å²) in [6, 6.07) is 8.37. The van der Waals surface area contributed by atoms with E-state index in [4.69, 9.17) is 5.73 Å². The third-order valence-corrected chi connectivity index (χ3v) is 4.15. The van der Waals surface area contributed by atoms with E-state index in [1.807, 2.05) is 29.0 Å². The number of likely N-dealkylation sites (N-methyl/N-ethyl adjacent to an activating group) is 1. The average Bonchev–Trinajstić information content (AvgIpc) is 2.68. The molecule has 2 unspecified atom stereocenters. The molecule has 5 heteroatoms. The summed E-state index contributed by atoms with van der Waals surface area (Å²) in [5.41, 5.74) is 6.80. The Hall–Kier alpha value is -1.07. The zero-order valence-electron chi connectivity index (χ0n) is 11.3. The van der Waals surface area contributed by atoms with Crippen LogP contribution in [0, 0.1) is 5.92 Å². The van der Waals surface area contributed by atoms with Crippen LogP contribution in [0.5, 0.6) is 0 Å². The number of halogens is 1. The van der Waals surface area contributed by atoms with Crippen molar-refractivity contribution in [3.63, 3.8) is 0 Å². The Kier molecular flexibility index (Phi) is 4.47. The highest BCUT2D eigenvalue weighted by atomic mass is 79.9. The summed E-state index contributed by atoms with van der Waals surface area (Å²) in [7, 11) is 1.86. The fourth-order valence-electron chi connectivity index (χ4n) is 2.38. The monoisotopic (exact) mass is 325 g/mol. The number of hydrogen-bond donors (Lipinski definition) is 1. The van der Waals surface area contributed by atoms with Gasteiger partial charge in [0.2, 0.25) is 0 Å². The highest BCUT2D eigenvalue weighted by Gasteiger charge is 2.35. The summed E-state index contributed by atoms with van der Waals surface area (Å²) in [6.07, 6.45) is 0. The summed E-state index contributed by atoms with van der Waals surface area (Å²) in [4.78, 5) is 15.9. The molecule has 1 heterocycles. The van der Waals surface area contributed by atoms with E-state index < -0.39 is 0 Å². The van der Waals surface area contributed by atoms with Crippen LogP contribution in [-0.4, -0.2) is 42.5 Å².